The molecule has 2 unspecified atom stereocenters. The fraction of sp³-hybridized carbons (Fsp3) is 0.148. The molecule has 0 saturated heterocycles. The maximum absolute atomic E-state index is 14.3. The van der Waals surface area contributed by atoms with E-state index in [9.17, 15) is 28.0 Å². The number of halogens is 3. The summed E-state index contributed by atoms with van der Waals surface area (Å²) >= 11 is 5.94. The molecule has 2 amide bonds. The fourth-order valence-electron chi connectivity index (χ4n) is 9.86. The number of aryl methyl sites for hydroxylation is 3. The summed E-state index contributed by atoms with van der Waals surface area (Å²) in [5, 5.41) is 19.9. The van der Waals surface area contributed by atoms with E-state index in [-0.39, 0.29) is 39.1 Å². The van der Waals surface area contributed by atoms with E-state index in [4.69, 9.17) is 20.4 Å². The first-order valence-corrected chi connectivity index (χ1v) is 25.5. The van der Waals surface area contributed by atoms with Crippen LogP contribution < -0.4 is 10.6 Å². The highest BCUT2D eigenvalue weighted by atomic mass is 35.5. The van der Waals surface area contributed by atoms with E-state index in [1.807, 2.05) is 88.4 Å². The molecule has 0 radical (unpaired) electrons. The smallest absolute Gasteiger partial charge is 0.259 e. The van der Waals surface area contributed by atoms with Gasteiger partial charge in [0, 0.05) is 45.5 Å². The van der Waals surface area contributed by atoms with Crippen molar-refractivity contribution in [2.75, 3.05) is 10.6 Å². The molecule has 4 aromatic heterocycles. The summed E-state index contributed by atoms with van der Waals surface area (Å²) in [6.45, 7) is 9.55. The second kappa shape index (κ2) is 20.6. The third kappa shape index (κ3) is 9.51. The average molecular weight is 1060 g/mol. The first-order valence-electron chi connectivity index (χ1n) is 25.1. The van der Waals surface area contributed by atoms with Crippen molar-refractivity contribution >= 4 is 68.6 Å². The summed E-state index contributed by atoms with van der Waals surface area (Å²) in [5.74, 6) is -2.71. The third-order valence-electron chi connectivity index (χ3n) is 14.1. The lowest BCUT2D eigenvalue weighted by molar-refractivity contribution is -0.113. The van der Waals surface area contributed by atoms with Gasteiger partial charge in [0.1, 0.15) is 22.7 Å². The maximum Gasteiger partial charge on any atom is 0.259 e. The molecular formula is C61H47ClF2N8O6. The van der Waals surface area contributed by atoms with Gasteiger partial charge in [0.05, 0.1) is 51.1 Å². The van der Waals surface area contributed by atoms with E-state index in [1.54, 1.807) is 61.8 Å². The second-order valence-corrected chi connectivity index (χ2v) is 19.6. The number of anilines is 2. The van der Waals surface area contributed by atoms with Gasteiger partial charge in [-0.25, -0.2) is 18.7 Å². The Bertz CT molecular complexity index is 4130. The van der Waals surface area contributed by atoms with Crippen LogP contribution >= 0.6 is 11.6 Å². The highest BCUT2D eigenvalue weighted by molar-refractivity contribution is 6.33. The Morgan fingerprint density at radius 3 is 1.68 bits per heavy atom. The molecule has 0 aliphatic heterocycles. The molecule has 17 heteroatoms. The zero-order valence-corrected chi connectivity index (χ0v) is 43.4. The minimum Gasteiger partial charge on any atom is -0.436 e. The molecule has 10 aromatic rings. The molecule has 0 spiro atoms. The number of amides is 2. The van der Waals surface area contributed by atoms with Crippen LogP contribution in [0.5, 0.6) is 0 Å². The number of carbonyl (C=O) groups excluding carboxylic acids is 4. The predicted octanol–water partition coefficient (Wildman–Crippen LogP) is 14.1. The number of hydrogen-bond acceptors (Lipinski definition) is 10. The van der Waals surface area contributed by atoms with Crippen LogP contribution in [-0.4, -0.2) is 53.7 Å². The molecular weight excluding hydrogens is 1010 g/mol. The molecule has 0 saturated carbocycles. The van der Waals surface area contributed by atoms with Gasteiger partial charge in [-0.3, -0.25) is 29.4 Å². The van der Waals surface area contributed by atoms with Crippen molar-refractivity contribution < 1.29 is 36.8 Å². The molecule has 6 aromatic carbocycles. The van der Waals surface area contributed by atoms with Gasteiger partial charge in [-0.15, -0.1) is 0 Å². The van der Waals surface area contributed by atoms with Gasteiger partial charge in [-0.1, -0.05) is 86.1 Å². The number of benzene rings is 6. The number of hydrogen-bond donors (Lipinski definition) is 4. The summed E-state index contributed by atoms with van der Waals surface area (Å²) < 4.78 is 40.3. The number of nitrogens with zero attached hydrogens (tertiary/aromatic N) is 4. The number of aromatic nitrogens is 6. The van der Waals surface area contributed by atoms with Gasteiger partial charge in [0.2, 0.25) is 11.8 Å². The Labute approximate surface area is 449 Å². The number of ketones is 2. The van der Waals surface area contributed by atoms with Crippen LogP contribution in [0.4, 0.5) is 20.2 Å². The van der Waals surface area contributed by atoms with E-state index in [0.717, 1.165) is 50.6 Å². The summed E-state index contributed by atoms with van der Waals surface area (Å²) in [5.41, 5.74) is 12.8. The molecule has 388 valence electrons. The van der Waals surface area contributed by atoms with Crippen molar-refractivity contribution in [2.45, 2.75) is 59.3 Å². The van der Waals surface area contributed by atoms with Gasteiger partial charge in [0.15, 0.2) is 22.7 Å². The Balaban J connectivity index is 0.000000165. The SMILES string of the molecule is CCC1C=C(C(=O)Nc2ccc(-c3[nH]ncc3-c3nc4c(C)cccc4o3)cc2)C(=O)c2cc(F)c(C)cc21.CCC1C=C(C(=O)Nc2ccc(-c3[nH]ncc3-c3nc4cc(C)ccc4o3)cc2)C(=O)c2cc(F)c(Cl)cc21. The minimum atomic E-state index is -0.693. The van der Waals surface area contributed by atoms with Crippen molar-refractivity contribution in [3.05, 3.63) is 200 Å². The summed E-state index contributed by atoms with van der Waals surface area (Å²) in [6.07, 6.45) is 7.94. The Hall–Kier alpha value is -9.41. The van der Waals surface area contributed by atoms with Crippen LogP contribution in [0.1, 0.15) is 87.1 Å². The van der Waals surface area contributed by atoms with Gasteiger partial charge in [-0.2, -0.15) is 10.2 Å². The molecule has 12 rings (SSSR count). The quantitative estimate of drug-likeness (QED) is 0.0955. The Morgan fingerprint density at radius 1 is 0.603 bits per heavy atom. The molecule has 78 heavy (non-hydrogen) atoms. The van der Waals surface area contributed by atoms with Crippen molar-refractivity contribution in [3.63, 3.8) is 0 Å². The normalized spacial score (nSPS) is 14.8. The average Bonchev–Trinajstić information content (AvgIpc) is 4.29. The van der Waals surface area contributed by atoms with Gasteiger partial charge >= 0.3 is 0 Å². The lowest BCUT2D eigenvalue weighted by Crippen LogP contribution is -2.26. The van der Waals surface area contributed by atoms with Crippen molar-refractivity contribution in [1.29, 1.82) is 0 Å². The topological polar surface area (TPSA) is 202 Å². The zero-order valence-electron chi connectivity index (χ0n) is 42.6. The first kappa shape index (κ1) is 50.7. The van der Waals surface area contributed by atoms with E-state index in [1.165, 1.54) is 12.1 Å². The van der Waals surface area contributed by atoms with E-state index in [2.05, 4.69) is 41.0 Å². The highest BCUT2D eigenvalue weighted by Crippen LogP contribution is 2.39. The molecule has 0 bridgehead atoms. The molecule has 14 nitrogen and oxygen atoms in total. The maximum atomic E-state index is 14.3. The number of aromatic amines is 2. The standard InChI is InChI=1S/C31H25FN4O3.C30H22ClFN4O3/c1-4-18-13-23(29(37)22-14-25(32)17(3)12-21(18)22)30(38)34-20-10-8-19(9-11-20)28-24(15-33-36-28)31-35-27-16(2)6-5-7-26(27)39-31;1-3-16-11-21(28(37)20-13-24(32)23(31)12-19(16)20)29(38)34-18-7-5-17(6-8-18)27-22(14-33-36-27)30-35-25-10-15(2)4-9-26(25)39-30/h5-15,18H,4H2,1-3H3,(H,33,36)(H,34,38);4-14,16H,3H2,1-2H3,(H,33,36)(H,34,38). The van der Waals surface area contributed by atoms with Crippen molar-refractivity contribution in [2.24, 2.45) is 0 Å². The van der Waals surface area contributed by atoms with Crippen LogP contribution in [0.3, 0.4) is 0 Å². The summed E-state index contributed by atoms with van der Waals surface area (Å²) in [6, 6.07) is 31.4. The van der Waals surface area contributed by atoms with Crippen LogP contribution in [0.2, 0.25) is 5.02 Å². The molecule has 2 atom stereocenters. The van der Waals surface area contributed by atoms with Gasteiger partial charge in [-0.05, 0) is 122 Å². The monoisotopic (exact) mass is 1060 g/mol. The first-order chi connectivity index (χ1) is 37.7. The number of nitrogens with one attached hydrogen (secondary N) is 4. The number of fused-ring (bicyclic) bond motifs is 4. The zero-order chi connectivity index (χ0) is 54.5. The van der Waals surface area contributed by atoms with Crippen molar-refractivity contribution in [1.82, 2.24) is 30.4 Å². The van der Waals surface area contributed by atoms with E-state index < -0.39 is 35.0 Å². The van der Waals surface area contributed by atoms with E-state index >= 15 is 0 Å². The van der Waals surface area contributed by atoms with Crippen LogP contribution in [-0.2, 0) is 9.59 Å². The van der Waals surface area contributed by atoms with Gasteiger partial charge in [0.25, 0.3) is 11.8 Å². The molecule has 0 fully saturated rings. The predicted molar refractivity (Wildman–Crippen MR) is 294 cm³/mol. The fourth-order valence-corrected chi connectivity index (χ4v) is 10.0. The molecule has 2 aliphatic rings. The number of Topliss-reactive ketones (excluding diaryl/α,β-unsaturated/α-hetero) is 2. The number of carbonyl (C=O) groups is 4. The van der Waals surface area contributed by atoms with Crippen LogP contribution in [0.15, 0.2) is 154 Å². The Kier molecular flexibility index (Phi) is 13.4. The molecule has 2 aliphatic carbocycles. The van der Waals surface area contributed by atoms with Gasteiger partial charge < -0.3 is 19.5 Å². The second-order valence-electron chi connectivity index (χ2n) is 19.2. The lowest BCUT2D eigenvalue weighted by Gasteiger charge is -2.23. The summed E-state index contributed by atoms with van der Waals surface area (Å²) in [4.78, 5) is 61.7. The minimum absolute atomic E-state index is 0.0174. The Morgan fingerprint density at radius 2 is 1.13 bits per heavy atom. The highest BCUT2D eigenvalue weighted by Gasteiger charge is 2.33. The number of para-hydroxylation sites is 1. The molecule has 4 N–H and O–H groups in total. The summed E-state index contributed by atoms with van der Waals surface area (Å²) in [7, 11) is 0. The number of oxazole rings is 2. The third-order valence-corrected chi connectivity index (χ3v) is 14.4. The van der Waals surface area contributed by atoms with Crippen LogP contribution in [0, 0.1) is 32.4 Å². The number of allylic oxidation sites excluding steroid dienone is 2. The van der Waals surface area contributed by atoms with Crippen molar-refractivity contribution in [3.8, 4) is 45.4 Å². The molecule has 4 heterocycles. The number of H-pyrrole nitrogens is 2. The van der Waals surface area contributed by atoms with Crippen LogP contribution in [0.25, 0.3) is 67.6 Å². The number of rotatable bonds is 10. The lowest BCUT2D eigenvalue weighted by atomic mass is 9.80. The van der Waals surface area contributed by atoms with E-state index in [0.29, 0.717) is 75.1 Å². The largest absolute Gasteiger partial charge is 0.436 e.